The van der Waals surface area contributed by atoms with Crippen molar-refractivity contribution < 1.29 is 18.4 Å². The highest BCUT2D eigenvalue weighted by molar-refractivity contribution is 5.48. The average Bonchev–Trinajstić information content (AvgIpc) is 3.24. The molecule has 1 aliphatic rings. The van der Waals surface area contributed by atoms with Gasteiger partial charge in [0, 0.05) is 12.7 Å². The fourth-order valence-corrected chi connectivity index (χ4v) is 3.01. The Labute approximate surface area is 145 Å². The van der Waals surface area contributed by atoms with Gasteiger partial charge >= 0.3 is 5.82 Å². The van der Waals surface area contributed by atoms with E-state index < -0.39 is 22.7 Å². The highest BCUT2D eigenvalue weighted by atomic mass is 19.2. The van der Waals surface area contributed by atoms with Crippen molar-refractivity contribution in [3.05, 3.63) is 63.8 Å². The summed E-state index contributed by atoms with van der Waals surface area (Å²) in [6.07, 6.45) is 1.27. The van der Waals surface area contributed by atoms with Crippen molar-refractivity contribution >= 4 is 17.3 Å². The molecule has 8 nitrogen and oxygen atoms in total. The van der Waals surface area contributed by atoms with Crippen LogP contribution in [-0.2, 0) is 4.74 Å². The molecule has 10 heteroatoms. The van der Waals surface area contributed by atoms with Crippen LogP contribution >= 0.6 is 0 Å². The zero-order valence-corrected chi connectivity index (χ0v) is 13.3. The first-order valence-corrected chi connectivity index (χ1v) is 7.85. The van der Waals surface area contributed by atoms with Crippen molar-refractivity contribution in [2.24, 2.45) is 0 Å². The number of benzene rings is 1. The second-order valence-electron chi connectivity index (χ2n) is 5.87. The maximum absolute atomic E-state index is 13.5. The lowest BCUT2D eigenvalue weighted by Gasteiger charge is -2.20. The summed E-state index contributed by atoms with van der Waals surface area (Å²) >= 11 is 0. The van der Waals surface area contributed by atoms with Crippen LogP contribution in [0.25, 0.3) is 5.65 Å². The van der Waals surface area contributed by atoms with E-state index >= 15 is 0 Å². The number of rotatable bonds is 4. The number of imidazole rings is 1. The molecular weight excluding hydrogens is 348 g/mol. The minimum Gasteiger partial charge on any atom is -0.371 e. The Hall–Kier alpha value is -3.14. The Bertz CT molecular complexity index is 993. The molecule has 1 N–H and O–H groups in total. The van der Waals surface area contributed by atoms with Crippen molar-refractivity contribution in [2.75, 3.05) is 11.9 Å². The van der Waals surface area contributed by atoms with Gasteiger partial charge in [0.25, 0.3) is 0 Å². The van der Waals surface area contributed by atoms with Gasteiger partial charge in [0.15, 0.2) is 17.5 Å². The predicted octanol–water partition coefficient (Wildman–Crippen LogP) is 2.86. The minimum atomic E-state index is -0.940. The summed E-state index contributed by atoms with van der Waals surface area (Å²) in [5.74, 6) is -1.72. The van der Waals surface area contributed by atoms with Crippen molar-refractivity contribution in [1.29, 1.82) is 0 Å². The fraction of sp³-hybridized carbons (Fsp3) is 0.250. The third kappa shape index (κ3) is 2.84. The SMILES string of the molecule is O=[N+]([O-])c1cnc2ccc(NC3CCOC3c3ccc(F)c(F)c3)nn12. The molecule has 1 saturated heterocycles. The van der Waals surface area contributed by atoms with Gasteiger partial charge in [-0.25, -0.2) is 13.8 Å². The van der Waals surface area contributed by atoms with Crippen molar-refractivity contribution in [2.45, 2.75) is 18.6 Å². The molecule has 0 bridgehead atoms. The Balaban J connectivity index is 1.61. The van der Waals surface area contributed by atoms with Crippen molar-refractivity contribution in [3.63, 3.8) is 0 Å². The summed E-state index contributed by atoms with van der Waals surface area (Å²) in [6, 6.07) is 6.64. The summed E-state index contributed by atoms with van der Waals surface area (Å²) in [4.78, 5) is 14.4. The van der Waals surface area contributed by atoms with Gasteiger partial charge in [0.1, 0.15) is 12.3 Å². The van der Waals surface area contributed by atoms with Gasteiger partial charge < -0.3 is 20.2 Å². The lowest BCUT2D eigenvalue weighted by Crippen LogP contribution is -2.24. The quantitative estimate of drug-likeness (QED) is 0.567. The summed E-state index contributed by atoms with van der Waals surface area (Å²) in [6.45, 7) is 0.439. The van der Waals surface area contributed by atoms with Crippen LogP contribution in [0.4, 0.5) is 20.4 Å². The Kier molecular flexibility index (Phi) is 3.96. The Morgan fingerprint density at radius 1 is 1.27 bits per heavy atom. The molecule has 2 aromatic heterocycles. The molecule has 0 aliphatic carbocycles. The topological polar surface area (TPSA) is 94.6 Å². The number of nitro groups is 1. The second-order valence-corrected chi connectivity index (χ2v) is 5.87. The molecule has 1 fully saturated rings. The van der Waals surface area contributed by atoms with E-state index in [4.69, 9.17) is 4.74 Å². The third-order valence-electron chi connectivity index (χ3n) is 4.23. The summed E-state index contributed by atoms with van der Waals surface area (Å²) in [5, 5.41) is 18.4. The fourth-order valence-electron chi connectivity index (χ4n) is 3.01. The molecule has 0 amide bonds. The van der Waals surface area contributed by atoms with Gasteiger partial charge in [-0.15, -0.1) is 0 Å². The van der Waals surface area contributed by atoms with Crippen molar-refractivity contribution in [1.82, 2.24) is 14.6 Å². The minimum absolute atomic E-state index is 0.243. The van der Waals surface area contributed by atoms with E-state index in [0.29, 0.717) is 30.1 Å². The van der Waals surface area contributed by atoms with E-state index in [9.17, 15) is 18.9 Å². The molecular formula is C16H13F2N5O3. The van der Waals surface area contributed by atoms with Gasteiger partial charge in [-0.1, -0.05) is 15.7 Å². The molecule has 0 spiro atoms. The molecule has 2 atom stereocenters. The first-order valence-electron chi connectivity index (χ1n) is 7.85. The van der Waals surface area contributed by atoms with Crippen LogP contribution in [0.2, 0.25) is 0 Å². The molecule has 0 saturated carbocycles. The van der Waals surface area contributed by atoms with E-state index in [1.54, 1.807) is 12.1 Å². The standard InChI is InChI=1S/C16H13F2N5O3/c17-10-2-1-9(7-11(10)18)16-12(5-6-26-16)20-13-3-4-14-19-8-15(23(24)25)22(14)21-13/h1-4,7-8,12,16H,5-6H2,(H,20,21). The van der Waals surface area contributed by atoms with Crippen LogP contribution in [0.3, 0.4) is 0 Å². The highest BCUT2D eigenvalue weighted by Gasteiger charge is 2.31. The van der Waals surface area contributed by atoms with Crippen LogP contribution in [0.15, 0.2) is 36.5 Å². The third-order valence-corrected chi connectivity index (χ3v) is 4.23. The smallest absolute Gasteiger partial charge is 0.368 e. The number of nitrogens with zero attached hydrogens (tertiary/aromatic N) is 4. The zero-order chi connectivity index (χ0) is 18.3. The number of hydrogen-bond donors (Lipinski definition) is 1. The number of anilines is 1. The van der Waals surface area contributed by atoms with Gasteiger partial charge in [-0.3, -0.25) is 0 Å². The van der Waals surface area contributed by atoms with E-state index in [2.05, 4.69) is 15.4 Å². The first kappa shape index (κ1) is 16.3. The normalized spacial score (nSPS) is 19.8. The maximum atomic E-state index is 13.5. The van der Waals surface area contributed by atoms with Crippen molar-refractivity contribution in [3.8, 4) is 0 Å². The molecule has 26 heavy (non-hydrogen) atoms. The van der Waals surface area contributed by atoms with E-state index in [1.807, 2.05) is 0 Å². The Morgan fingerprint density at radius 2 is 2.12 bits per heavy atom. The summed E-state index contributed by atoms with van der Waals surface area (Å²) < 4.78 is 33.4. The second kappa shape index (κ2) is 6.30. The van der Waals surface area contributed by atoms with E-state index in [0.717, 1.165) is 22.8 Å². The molecule has 3 heterocycles. The van der Waals surface area contributed by atoms with Crippen LogP contribution in [0.1, 0.15) is 18.1 Å². The zero-order valence-electron chi connectivity index (χ0n) is 13.3. The largest absolute Gasteiger partial charge is 0.371 e. The number of aromatic nitrogens is 3. The molecule has 134 valence electrons. The Morgan fingerprint density at radius 3 is 2.88 bits per heavy atom. The molecule has 1 aromatic carbocycles. The number of fused-ring (bicyclic) bond motifs is 1. The average molecular weight is 361 g/mol. The lowest BCUT2D eigenvalue weighted by molar-refractivity contribution is -0.391. The lowest BCUT2D eigenvalue weighted by atomic mass is 10.0. The van der Waals surface area contributed by atoms with Gasteiger partial charge in [-0.2, -0.15) is 0 Å². The number of halogens is 2. The van der Waals surface area contributed by atoms with E-state index in [-0.39, 0.29) is 11.9 Å². The maximum Gasteiger partial charge on any atom is 0.368 e. The van der Waals surface area contributed by atoms with Crippen LogP contribution in [0.5, 0.6) is 0 Å². The molecule has 2 unspecified atom stereocenters. The van der Waals surface area contributed by atoms with Crippen LogP contribution in [-0.4, -0.2) is 32.2 Å². The van der Waals surface area contributed by atoms with Gasteiger partial charge in [0.2, 0.25) is 5.65 Å². The molecule has 1 aliphatic heterocycles. The number of hydrogen-bond acceptors (Lipinski definition) is 6. The van der Waals surface area contributed by atoms with Gasteiger partial charge in [0.05, 0.1) is 6.04 Å². The predicted molar refractivity (Wildman–Crippen MR) is 86.7 cm³/mol. The number of ether oxygens (including phenoxy) is 1. The molecule has 0 radical (unpaired) electrons. The number of nitrogens with one attached hydrogen (secondary N) is 1. The summed E-state index contributed by atoms with van der Waals surface area (Å²) in [5.41, 5.74) is 0.857. The van der Waals surface area contributed by atoms with E-state index in [1.165, 1.54) is 6.07 Å². The van der Waals surface area contributed by atoms with Gasteiger partial charge in [-0.05, 0) is 35.1 Å². The van der Waals surface area contributed by atoms with Crippen LogP contribution < -0.4 is 5.32 Å². The highest BCUT2D eigenvalue weighted by Crippen LogP contribution is 2.32. The monoisotopic (exact) mass is 361 g/mol. The summed E-state index contributed by atoms with van der Waals surface area (Å²) in [7, 11) is 0. The molecule has 3 aromatic rings. The molecule has 4 rings (SSSR count). The van der Waals surface area contributed by atoms with Crippen LogP contribution in [0, 0.1) is 21.7 Å². The first-order chi connectivity index (χ1) is 12.5.